The summed E-state index contributed by atoms with van der Waals surface area (Å²) in [5.41, 5.74) is 3.33. The second-order valence-electron chi connectivity index (χ2n) is 4.46. The molecule has 1 aliphatic rings. The van der Waals surface area contributed by atoms with Crippen LogP contribution < -0.4 is 16.7 Å². The standard InChI is InChI=1S/C11H13N5O2S/c17-9-7-8(12-10(18)14-9)13-11(19-7)16-15-6-4-2-1-3-5-6/h1-5H2,(H3,12,13,14,16,17,18). The number of hydrazone groups is 1. The van der Waals surface area contributed by atoms with Gasteiger partial charge in [0.15, 0.2) is 5.65 Å². The number of nitrogens with zero attached hydrogens (tertiary/aromatic N) is 2. The predicted molar refractivity (Wildman–Crippen MR) is 75.0 cm³/mol. The summed E-state index contributed by atoms with van der Waals surface area (Å²) in [4.78, 5) is 31.5. The van der Waals surface area contributed by atoms with Crippen LogP contribution in [0.25, 0.3) is 10.3 Å². The lowest BCUT2D eigenvalue weighted by molar-refractivity contribution is 0.665. The molecule has 7 nitrogen and oxygen atoms in total. The zero-order valence-electron chi connectivity index (χ0n) is 10.2. The van der Waals surface area contributed by atoms with Crippen molar-refractivity contribution in [3.63, 3.8) is 0 Å². The largest absolute Gasteiger partial charge is 0.327 e. The SMILES string of the molecule is O=c1[nH]c(=O)c2sc(NN=C3CCCCC3)nc2[nH]1. The minimum Gasteiger partial charge on any atom is -0.291 e. The Bertz CT molecular complexity index is 733. The molecule has 0 aromatic carbocycles. The number of H-pyrrole nitrogens is 2. The number of hydrogen-bond donors (Lipinski definition) is 3. The lowest BCUT2D eigenvalue weighted by atomic mass is 9.99. The normalized spacial score (nSPS) is 15.7. The summed E-state index contributed by atoms with van der Waals surface area (Å²) >= 11 is 1.18. The molecule has 2 aromatic heterocycles. The number of nitrogens with one attached hydrogen (secondary N) is 3. The Morgan fingerprint density at radius 3 is 2.74 bits per heavy atom. The second-order valence-corrected chi connectivity index (χ2v) is 5.45. The van der Waals surface area contributed by atoms with E-state index in [-0.39, 0.29) is 0 Å². The van der Waals surface area contributed by atoms with Crippen molar-refractivity contribution < 1.29 is 0 Å². The highest BCUT2D eigenvalue weighted by Crippen LogP contribution is 2.21. The van der Waals surface area contributed by atoms with Crippen molar-refractivity contribution in [2.75, 3.05) is 5.43 Å². The second kappa shape index (κ2) is 4.96. The molecule has 0 amide bonds. The number of hydrogen-bond acceptors (Lipinski definition) is 6. The van der Waals surface area contributed by atoms with Crippen LogP contribution in [0.5, 0.6) is 0 Å². The van der Waals surface area contributed by atoms with Crippen molar-refractivity contribution in [3.8, 4) is 0 Å². The number of thiazole rings is 1. The Labute approximate surface area is 111 Å². The predicted octanol–water partition coefficient (Wildman–Crippen LogP) is 1.40. The first-order valence-electron chi connectivity index (χ1n) is 6.17. The third kappa shape index (κ3) is 2.58. The minimum atomic E-state index is -0.548. The van der Waals surface area contributed by atoms with Gasteiger partial charge in [-0.15, -0.1) is 0 Å². The van der Waals surface area contributed by atoms with Crippen LogP contribution >= 0.6 is 11.3 Å². The van der Waals surface area contributed by atoms with E-state index in [1.807, 2.05) is 0 Å². The summed E-state index contributed by atoms with van der Waals surface area (Å²) in [6.07, 6.45) is 5.63. The fourth-order valence-corrected chi connectivity index (χ4v) is 2.86. The van der Waals surface area contributed by atoms with Gasteiger partial charge in [-0.05, 0) is 25.7 Å². The molecule has 100 valence electrons. The van der Waals surface area contributed by atoms with Gasteiger partial charge < -0.3 is 0 Å². The van der Waals surface area contributed by atoms with Gasteiger partial charge in [0.05, 0.1) is 0 Å². The van der Waals surface area contributed by atoms with E-state index in [4.69, 9.17) is 0 Å². The van der Waals surface area contributed by atoms with Crippen molar-refractivity contribution >= 4 is 32.5 Å². The highest BCUT2D eigenvalue weighted by molar-refractivity contribution is 7.22. The fourth-order valence-electron chi connectivity index (χ4n) is 2.10. The highest BCUT2D eigenvalue weighted by atomic mass is 32.1. The van der Waals surface area contributed by atoms with E-state index in [9.17, 15) is 9.59 Å². The first kappa shape index (κ1) is 12.1. The molecule has 1 fully saturated rings. The van der Waals surface area contributed by atoms with Crippen molar-refractivity contribution in [3.05, 3.63) is 20.8 Å². The van der Waals surface area contributed by atoms with Crippen LogP contribution in [0.1, 0.15) is 32.1 Å². The van der Waals surface area contributed by atoms with Crippen LogP contribution in [0.2, 0.25) is 0 Å². The van der Waals surface area contributed by atoms with Crippen LogP contribution in [-0.2, 0) is 0 Å². The van der Waals surface area contributed by atoms with Gasteiger partial charge in [0.2, 0.25) is 5.13 Å². The molecule has 0 aliphatic heterocycles. The molecule has 0 bridgehead atoms. The van der Waals surface area contributed by atoms with Gasteiger partial charge in [-0.1, -0.05) is 17.8 Å². The van der Waals surface area contributed by atoms with Crippen LogP contribution in [0, 0.1) is 0 Å². The maximum absolute atomic E-state index is 11.6. The Hall–Kier alpha value is -1.96. The average Bonchev–Trinajstić information content (AvgIpc) is 2.81. The van der Waals surface area contributed by atoms with Gasteiger partial charge in [0, 0.05) is 5.71 Å². The van der Waals surface area contributed by atoms with E-state index in [0.29, 0.717) is 15.5 Å². The molecular weight excluding hydrogens is 266 g/mol. The first-order valence-corrected chi connectivity index (χ1v) is 6.98. The smallest absolute Gasteiger partial charge is 0.291 e. The van der Waals surface area contributed by atoms with E-state index in [2.05, 4.69) is 25.5 Å². The molecule has 8 heteroatoms. The van der Waals surface area contributed by atoms with E-state index in [1.54, 1.807) is 0 Å². The fraction of sp³-hybridized carbons (Fsp3) is 0.455. The summed E-state index contributed by atoms with van der Waals surface area (Å²) in [7, 11) is 0. The zero-order valence-corrected chi connectivity index (χ0v) is 11.0. The molecule has 2 aromatic rings. The van der Waals surface area contributed by atoms with Gasteiger partial charge in [0.25, 0.3) is 5.56 Å². The molecule has 0 radical (unpaired) electrons. The summed E-state index contributed by atoms with van der Waals surface area (Å²) in [6, 6.07) is 0. The average molecular weight is 279 g/mol. The van der Waals surface area contributed by atoms with E-state index in [0.717, 1.165) is 18.6 Å². The lowest BCUT2D eigenvalue weighted by Gasteiger charge is -2.11. The molecule has 19 heavy (non-hydrogen) atoms. The van der Waals surface area contributed by atoms with Gasteiger partial charge in [-0.2, -0.15) is 5.10 Å². The number of aromatic amines is 2. The number of fused-ring (bicyclic) bond motifs is 1. The molecule has 2 heterocycles. The van der Waals surface area contributed by atoms with Crippen molar-refractivity contribution in [2.24, 2.45) is 5.10 Å². The lowest BCUT2D eigenvalue weighted by Crippen LogP contribution is -2.20. The van der Waals surface area contributed by atoms with Crippen LogP contribution in [0.15, 0.2) is 14.7 Å². The molecule has 1 saturated carbocycles. The van der Waals surface area contributed by atoms with Crippen LogP contribution in [0.4, 0.5) is 5.13 Å². The Morgan fingerprint density at radius 2 is 1.95 bits per heavy atom. The molecule has 1 aliphatic carbocycles. The Balaban J connectivity index is 1.87. The van der Waals surface area contributed by atoms with E-state index >= 15 is 0 Å². The van der Waals surface area contributed by atoms with Gasteiger partial charge in [0.1, 0.15) is 4.70 Å². The van der Waals surface area contributed by atoms with Gasteiger partial charge in [-0.3, -0.25) is 20.2 Å². The molecule has 0 saturated heterocycles. The summed E-state index contributed by atoms with van der Waals surface area (Å²) in [5, 5.41) is 4.83. The van der Waals surface area contributed by atoms with Crippen LogP contribution in [-0.4, -0.2) is 20.7 Å². The van der Waals surface area contributed by atoms with Crippen molar-refractivity contribution in [2.45, 2.75) is 32.1 Å². The summed E-state index contributed by atoms with van der Waals surface area (Å²) < 4.78 is 0.394. The molecule has 0 atom stereocenters. The number of anilines is 1. The Kier molecular flexibility index (Phi) is 3.16. The third-order valence-corrected chi connectivity index (χ3v) is 3.99. The van der Waals surface area contributed by atoms with Crippen molar-refractivity contribution in [1.29, 1.82) is 0 Å². The van der Waals surface area contributed by atoms with Gasteiger partial charge in [-0.25, -0.2) is 9.78 Å². The van der Waals surface area contributed by atoms with Crippen molar-refractivity contribution in [1.82, 2.24) is 15.0 Å². The van der Waals surface area contributed by atoms with Crippen LogP contribution in [0.3, 0.4) is 0 Å². The van der Waals surface area contributed by atoms with E-state index in [1.165, 1.54) is 30.6 Å². The zero-order chi connectivity index (χ0) is 13.2. The maximum Gasteiger partial charge on any atom is 0.327 e. The molecule has 3 N–H and O–H groups in total. The highest BCUT2D eigenvalue weighted by Gasteiger charge is 2.09. The third-order valence-electron chi connectivity index (χ3n) is 3.03. The quantitative estimate of drug-likeness (QED) is 0.723. The first-order chi connectivity index (χ1) is 9.22. The topological polar surface area (TPSA) is 103 Å². The number of aromatic nitrogens is 3. The number of rotatable bonds is 2. The minimum absolute atomic E-state index is 0.296. The monoisotopic (exact) mass is 279 g/mol. The van der Waals surface area contributed by atoms with E-state index < -0.39 is 11.2 Å². The molecule has 0 spiro atoms. The molecule has 3 rings (SSSR count). The summed E-state index contributed by atoms with van der Waals surface area (Å²) in [5.74, 6) is 0. The van der Waals surface area contributed by atoms with Gasteiger partial charge >= 0.3 is 5.69 Å². The summed E-state index contributed by atoms with van der Waals surface area (Å²) in [6.45, 7) is 0. The molecular formula is C11H13N5O2S. The Morgan fingerprint density at radius 1 is 1.16 bits per heavy atom. The molecule has 0 unspecified atom stereocenters. The maximum atomic E-state index is 11.6.